The van der Waals surface area contributed by atoms with E-state index in [2.05, 4.69) is 10.2 Å². The van der Waals surface area contributed by atoms with Gasteiger partial charge in [0.05, 0.1) is 31.3 Å². The lowest BCUT2D eigenvalue weighted by Gasteiger charge is -2.09. The minimum absolute atomic E-state index is 0.127. The molecule has 0 aliphatic rings. The van der Waals surface area contributed by atoms with Gasteiger partial charge in [-0.05, 0) is 26.0 Å². The van der Waals surface area contributed by atoms with Gasteiger partial charge in [-0.1, -0.05) is 11.8 Å². The van der Waals surface area contributed by atoms with E-state index in [1.807, 2.05) is 24.5 Å². The van der Waals surface area contributed by atoms with Crippen LogP contribution in [-0.2, 0) is 20.8 Å². The van der Waals surface area contributed by atoms with Crippen molar-refractivity contribution in [2.24, 2.45) is 0 Å². The Bertz CT molecular complexity index is 595. The number of furan rings is 1. The Kier molecular flexibility index (Phi) is 6.02. The predicted molar refractivity (Wildman–Crippen MR) is 81.6 cm³/mol. The van der Waals surface area contributed by atoms with E-state index in [-0.39, 0.29) is 17.8 Å². The van der Waals surface area contributed by atoms with Gasteiger partial charge in [0.25, 0.3) is 0 Å². The van der Waals surface area contributed by atoms with Crippen molar-refractivity contribution in [3.63, 3.8) is 0 Å². The molecule has 0 saturated carbocycles. The van der Waals surface area contributed by atoms with Gasteiger partial charge >= 0.3 is 5.97 Å². The lowest BCUT2D eigenvalue weighted by Crippen LogP contribution is -2.14. The van der Waals surface area contributed by atoms with Crippen LogP contribution in [0, 0.1) is 0 Å². The maximum atomic E-state index is 11.6. The molecule has 0 unspecified atom stereocenters. The van der Waals surface area contributed by atoms with Crippen molar-refractivity contribution in [3.05, 3.63) is 18.4 Å². The average molecular weight is 325 g/mol. The highest BCUT2D eigenvalue weighted by Crippen LogP contribution is 2.24. The van der Waals surface area contributed by atoms with Crippen molar-refractivity contribution < 1.29 is 18.7 Å². The van der Waals surface area contributed by atoms with Gasteiger partial charge in [-0.25, -0.2) is 0 Å². The molecule has 0 aliphatic heterocycles. The Balaban J connectivity index is 2.11. The van der Waals surface area contributed by atoms with Crippen molar-refractivity contribution >= 4 is 17.7 Å². The molecule has 0 amide bonds. The zero-order chi connectivity index (χ0) is 15.9. The van der Waals surface area contributed by atoms with Crippen molar-refractivity contribution in [1.82, 2.24) is 14.8 Å². The number of carbonyl (C=O) groups excluding carboxylic acids is 1. The fraction of sp³-hybridized carbons (Fsp3) is 0.500. The summed E-state index contributed by atoms with van der Waals surface area (Å²) >= 11 is 1.28. The minimum atomic E-state index is -0.277. The van der Waals surface area contributed by atoms with Crippen LogP contribution >= 0.6 is 11.8 Å². The van der Waals surface area contributed by atoms with Crippen molar-refractivity contribution in [1.29, 1.82) is 0 Å². The van der Waals surface area contributed by atoms with E-state index in [4.69, 9.17) is 13.9 Å². The lowest BCUT2D eigenvalue weighted by molar-refractivity contribution is -0.144. The van der Waals surface area contributed by atoms with E-state index in [0.29, 0.717) is 29.9 Å². The normalized spacial score (nSPS) is 11.1. The number of ether oxygens (including phenoxy) is 2. The number of rotatable bonds is 8. The molecule has 2 aromatic rings. The topological polar surface area (TPSA) is 79.4 Å². The molecule has 0 spiro atoms. The van der Waals surface area contributed by atoms with Crippen LogP contribution in [0.1, 0.15) is 13.8 Å². The molecule has 22 heavy (non-hydrogen) atoms. The fourth-order valence-corrected chi connectivity index (χ4v) is 2.54. The summed E-state index contributed by atoms with van der Waals surface area (Å²) < 4.78 is 17.5. The third-order valence-electron chi connectivity index (χ3n) is 2.66. The summed E-state index contributed by atoms with van der Waals surface area (Å²) in [6.07, 6.45) is 1.45. The molecular formula is C14H19N3O4S. The van der Waals surface area contributed by atoms with Crippen LogP contribution in [0.4, 0.5) is 0 Å². The zero-order valence-electron chi connectivity index (χ0n) is 12.8. The molecule has 2 rings (SSSR count). The predicted octanol–water partition coefficient (Wildman–Crippen LogP) is 2.23. The number of esters is 1. The van der Waals surface area contributed by atoms with Crippen LogP contribution in [0.2, 0.25) is 0 Å². The Morgan fingerprint density at radius 2 is 2.27 bits per heavy atom. The molecular weight excluding hydrogens is 306 g/mol. The van der Waals surface area contributed by atoms with Gasteiger partial charge in [-0.15, -0.1) is 10.2 Å². The summed E-state index contributed by atoms with van der Waals surface area (Å²) in [7, 11) is 1.63. The van der Waals surface area contributed by atoms with Crippen LogP contribution in [0.15, 0.2) is 28.0 Å². The van der Waals surface area contributed by atoms with E-state index >= 15 is 0 Å². The third kappa shape index (κ3) is 4.35. The molecule has 0 atom stereocenters. The van der Waals surface area contributed by atoms with Crippen LogP contribution in [-0.4, -0.2) is 46.3 Å². The van der Waals surface area contributed by atoms with E-state index < -0.39 is 0 Å². The Labute approximate surface area is 133 Å². The lowest BCUT2D eigenvalue weighted by atomic mass is 10.4. The van der Waals surface area contributed by atoms with Gasteiger partial charge in [0.1, 0.15) is 0 Å². The number of methoxy groups -OCH3 is 1. The molecule has 2 aromatic heterocycles. The van der Waals surface area contributed by atoms with Crippen molar-refractivity contribution in [3.8, 4) is 11.6 Å². The van der Waals surface area contributed by atoms with Gasteiger partial charge in [-0.2, -0.15) is 0 Å². The SMILES string of the molecule is COCCn1c(SCC(=O)OC(C)C)nnc1-c1ccco1. The van der Waals surface area contributed by atoms with Gasteiger partial charge in [0.15, 0.2) is 10.9 Å². The second-order valence-electron chi connectivity index (χ2n) is 4.76. The van der Waals surface area contributed by atoms with Crippen molar-refractivity contribution in [2.45, 2.75) is 31.7 Å². The standard InChI is InChI=1S/C14H19N3O4S/c1-10(2)21-12(18)9-22-14-16-15-13(11-5-4-7-20-11)17(14)6-8-19-3/h4-5,7,10H,6,8-9H2,1-3H3. The molecule has 0 aliphatic carbocycles. The number of hydrogen-bond acceptors (Lipinski definition) is 7. The fourth-order valence-electron chi connectivity index (χ4n) is 1.79. The second-order valence-corrected chi connectivity index (χ2v) is 5.70. The molecule has 120 valence electrons. The summed E-state index contributed by atoms with van der Waals surface area (Å²) in [6, 6.07) is 3.60. The van der Waals surface area contributed by atoms with Crippen LogP contribution in [0.3, 0.4) is 0 Å². The number of thioether (sulfide) groups is 1. The maximum absolute atomic E-state index is 11.6. The van der Waals surface area contributed by atoms with Crippen LogP contribution < -0.4 is 0 Å². The first-order valence-corrected chi connectivity index (χ1v) is 7.88. The van der Waals surface area contributed by atoms with E-state index in [9.17, 15) is 4.79 Å². The van der Waals surface area contributed by atoms with Crippen LogP contribution in [0.25, 0.3) is 11.6 Å². The molecule has 0 N–H and O–H groups in total. The van der Waals surface area contributed by atoms with E-state index in [1.165, 1.54) is 11.8 Å². The Hall–Kier alpha value is -1.80. The number of aromatic nitrogens is 3. The smallest absolute Gasteiger partial charge is 0.316 e. The Morgan fingerprint density at radius 3 is 2.91 bits per heavy atom. The molecule has 2 heterocycles. The third-order valence-corrected chi connectivity index (χ3v) is 3.60. The Morgan fingerprint density at radius 1 is 1.45 bits per heavy atom. The first-order chi connectivity index (χ1) is 10.6. The van der Waals surface area contributed by atoms with Gasteiger partial charge in [0.2, 0.25) is 5.82 Å². The average Bonchev–Trinajstić information content (AvgIpc) is 3.11. The highest BCUT2D eigenvalue weighted by atomic mass is 32.2. The van der Waals surface area contributed by atoms with Crippen LogP contribution in [0.5, 0.6) is 0 Å². The maximum Gasteiger partial charge on any atom is 0.316 e. The molecule has 0 saturated heterocycles. The molecule has 0 fully saturated rings. The summed E-state index contributed by atoms with van der Waals surface area (Å²) in [5.74, 6) is 1.14. The summed E-state index contributed by atoms with van der Waals surface area (Å²) in [6.45, 7) is 4.72. The molecule has 0 bridgehead atoms. The number of carbonyl (C=O) groups is 1. The van der Waals surface area contributed by atoms with Gasteiger partial charge < -0.3 is 13.9 Å². The molecule has 0 aromatic carbocycles. The molecule has 7 nitrogen and oxygen atoms in total. The highest BCUT2D eigenvalue weighted by Gasteiger charge is 2.17. The minimum Gasteiger partial charge on any atom is -0.462 e. The molecule has 0 radical (unpaired) electrons. The number of hydrogen-bond donors (Lipinski definition) is 0. The monoisotopic (exact) mass is 325 g/mol. The highest BCUT2D eigenvalue weighted by molar-refractivity contribution is 7.99. The first-order valence-electron chi connectivity index (χ1n) is 6.90. The van der Waals surface area contributed by atoms with Crippen molar-refractivity contribution in [2.75, 3.05) is 19.5 Å². The zero-order valence-corrected chi connectivity index (χ0v) is 13.6. The van der Waals surface area contributed by atoms with Gasteiger partial charge in [0, 0.05) is 7.11 Å². The van der Waals surface area contributed by atoms with Gasteiger partial charge in [-0.3, -0.25) is 9.36 Å². The molecule has 8 heteroatoms. The first kappa shape index (κ1) is 16.6. The summed E-state index contributed by atoms with van der Waals surface area (Å²) in [5, 5.41) is 8.90. The van der Waals surface area contributed by atoms with E-state index in [1.54, 1.807) is 19.4 Å². The van der Waals surface area contributed by atoms with E-state index in [0.717, 1.165) is 0 Å². The summed E-state index contributed by atoms with van der Waals surface area (Å²) in [4.78, 5) is 11.6. The summed E-state index contributed by atoms with van der Waals surface area (Å²) in [5.41, 5.74) is 0. The largest absolute Gasteiger partial charge is 0.462 e. The number of nitrogens with zero attached hydrogens (tertiary/aromatic N) is 3. The quantitative estimate of drug-likeness (QED) is 0.544. The second kappa shape index (κ2) is 8.00.